The zero-order valence-electron chi connectivity index (χ0n) is 11.9. The van der Waals surface area contributed by atoms with Crippen molar-refractivity contribution in [3.8, 4) is 0 Å². The smallest absolute Gasteiger partial charge is 0.230 e. The van der Waals surface area contributed by atoms with Crippen LogP contribution in [0.25, 0.3) is 0 Å². The van der Waals surface area contributed by atoms with E-state index in [1.807, 2.05) is 18.4 Å². The molecule has 1 fully saturated rings. The number of nitrogens with zero attached hydrogens (tertiary/aromatic N) is 1. The quantitative estimate of drug-likeness (QED) is 0.930. The van der Waals surface area contributed by atoms with Crippen molar-refractivity contribution in [3.05, 3.63) is 21.9 Å². The molecule has 1 saturated heterocycles. The lowest BCUT2D eigenvalue weighted by Crippen LogP contribution is -2.35. The first kappa shape index (κ1) is 15.8. The Kier molecular flexibility index (Phi) is 5.47. The second-order valence-electron chi connectivity index (χ2n) is 5.74. The minimum atomic E-state index is 0. The number of likely N-dealkylation sites (tertiary alicyclic amines) is 1. The number of hydrogen-bond acceptors (Lipinski definition) is 3. The highest BCUT2D eigenvalue weighted by Gasteiger charge is 2.33. The van der Waals surface area contributed by atoms with Crippen molar-refractivity contribution in [1.29, 1.82) is 0 Å². The molecular weight excluding hydrogens is 292 g/mol. The van der Waals surface area contributed by atoms with Crippen LogP contribution in [0.4, 0.5) is 0 Å². The van der Waals surface area contributed by atoms with Gasteiger partial charge in [0.15, 0.2) is 0 Å². The van der Waals surface area contributed by atoms with E-state index in [4.69, 9.17) is 0 Å². The van der Waals surface area contributed by atoms with Gasteiger partial charge in [0.05, 0.1) is 5.92 Å². The third kappa shape index (κ3) is 3.02. The van der Waals surface area contributed by atoms with Crippen molar-refractivity contribution in [2.24, 2.45) is 5.92 Å². The van der Waals surface area contributed by atoms with Gasteiger partial charge in [-0.1, -0.05) is 0 Å². The van der Waals surface area contributed by atoms with Crippen LogP contribution >= 0.6 is 23.7 Å². The molecule has 5 heteroatoms. The summed E-state index contributed by atoms with van der Waals surface area (Å²) in [5.41, 5.74) is 1.32. The van der Waals surface area contributed by atoms with Crippen LogP contribution in [0.3, 0.4) is 0 Å². The fourth-order valence-corrected chi connectivity index (χ4v) is 4.44. The van der Waals surface area contributed by atoms with Gasteiger partial charge in [-0.3, -0.25) is 4.79 Å². The number of carbonyl (C=O) groups is 1. The summed E-state index contributed by atoms with van der Waals surface area (Å²) in [5.74, 6) is 1.15. The number of nitrogens with one attached hydrogen (secondary N) is 1. The molecule has 112 valence electrons. The Labute approximate surface area is 131 Å². The van der Waals surface area contributed by atoms with E-state index in [-0.39, 0.29) is 18.3 Å². The van der Waals surface area contributed by atoms with E-state index in [2.05, 4.69) is 21.7 Å². The van der Waals surface area contributed by atoms with Gasteiger partial charge in [-0.2, -0.15) is 0 Å². The number of carbonyl (C=O) groups excluding carboxylic acids is 1. The molecule has 0 saturated carbocycles. The Morgan fingerprint density at radius 1 is 1.50 bits per heavy atom. The normalized spacial score (nSPS) is 25.1. The fourth-order valence-electron chi connectivity index (χ4n) is 3.45. The van der Waals surface area contributed by atoms with E-state index >= 15 is 0 Å². The number of hydrogen-bond donors (Lipinski definition) is 1. The summed E-state index contributed by atoms with van der Waals surface area (Å²) >= 11 is 1.82. The van der Waals surface area contributed by atoms with Gasteiger partial charge < -0.3 is 10.2 Å². The summed E-state index contributed by atoms with van der Waals surface area (Å²) in [6.45, 7) is 2.91. The Bertz CT molecular complexity index is 462. The molecule has 1 aliphatic heterocycles. The monoisotopic (exact) mass is 314 g/mol. The first-order valence-electron chi connectivity index (χ1n) is 7.29. The highest BCUT2D eigenvalue weighted by atomic mass is 35.5. The van der Waals surface area contributed by atoms with Crippen LogP contribution in [-0.4, -0.2) is 37.5 Å². The molecule has 2 aliphatic rings. The van der Waals surface area contributed by atoms with Crippen LogP contribution in [0, 0.1) is 5.92 Å². The maximum absolute atomic E-state index is 12.7. The Balaban J connectivity index is 0.00000147. The van der Waals surface area contributed by atoms with Crippen molar-refractivity contribution in [1.82, 2.24) is 10.2 Å². The molecule has 1 aromatic heterocycles. The lowest BCUT2D eigenvalue weighted by atomic mass is 9.87. The Morgan fingerprint density at radius 3 is 3.15 bits per heavy atom. The third-order valence-corrected chi connectivity index (χ3v) is 5.44. The maximum atomic E-state index is 12.7. The van der Waals surface area contributed by atoms with Crippen LogP contribution in [0.15, 0.2) is 11.4 Å². The first-order chi connectivity index (χ1) is 9.29. The first-order valence-corrected chi connectivity index (χ1v) is 8.17. The van der Waals surface area contributed by atoms with E-state index in [9.17, 15) is 4.79 Å². The second-order valence-corrected chi connectivity index (χ2v) is 6.74. The van der Waals surface area contributed by atoms with Gasteiger partial charge in [0.25, 0.3) is 0 Å². The molecule has 2 unspecified atom stereocenters. The third-order valence-electron chi connectivity index (χ3n) is 4.44. The van der Waals surface area contributed by atoms with E-state index in [1.54, 1.807) is 0 Å². The molecule has 1 aliphatic carbocycles. The van der Waals surface area contributed by atoms with Crippen molar-refractivity contribution in [2.45, 2.75) is 31.6 Å². The predicted molar refractivity (Wildman–Crippen MR) is 85.9 cm³/mol. The standard InChI is InChI=1S/C15H22N2OS.ClH/c1-16-9-11-5-7-17(10-11)15(18)13-3-2-4-14-12(13)6-8-19-14;/h6,8,11,13,16H,2-5,7,9-10H2,1H3;1H. The van der Waals surface area contributed by atoms with Gasteiger partial charge in [-0.05, 0) is 62.2 Å². The van der Waals surface area contributed by atoms with Crippen LogP contribution in [-0.2, 0) is 11.2 Å². The average molecular weight is 315 g/mol. The summed E-state index contributed by atoms with van der Waals surface area (Å²) in [6, 6.07) is 2.17. The van der Waals surface area contributed by atoms with Gasteiger partial charge >= 0.3 is 0 Å². The van der Waals surface area contributed by atoms with E-state index in [1.165, 1.54) is 16.9 Å². The minimum absolute atomic E-state index is 0. The predicted octanol–water partition coefficient (Wildman–Crippen LogP) is 2.66. The molecule has 0 spiro atoms. The van der Waals surface area contributed by atoms with Gasteiger partial charge in [-0.15, -0.1) is 23.7 Å². The van der Waals surface area contributed by atoms with Gasteiger partial charge in [0, 0.05) is 18.0 Å². The minimum Gasteiger partial charge on any atom is -0.342 e. The molecule has 2 heterocycles. The van der Waals surface area contributed by atoms with Crippen LogP contribution < -0.4 is 5.32 Å². The molecule has 3 nitrogen and oxygen atoms in total. The Morgan fingerprint density at radius 2 is 2.35 bits per heavy atom. The van der Waals surface area contributed by atoms with E-state index in [0.29, 0.717) is 11.8 Å². The largest absolute Gasteiger partial charge is 0.342 e. The Hall–Kier alpha value is -0.580. The van der Waals surface area contributed by atoms with Gasteiger partial charge in [-0.25, -0.2) is 0 Å². The molecule has 0 aromatic carbocycles. The second kappa shape index (κ2) is 6.92. The topological polar surface area (TPSA) is 32.3 Å². The highest BCUT2D eigenvalue weighted by Crippen LogP contribution is 2.36. The van der Waals surface area contributed by atoms with Crippen LogP contribution in [0.5, 0.6) is 0 Å². The van der Waals surface area contributed by atoms with Crippen molar-refractivity contribution < 1.29 is 4.79 Å². The number of amides is 1. The molecule has 3 rings (SSSR count). The molecule has 1 N–H and O–H groups in total. The number of halogens is 1. The van der Waals surface area contributed by atoms with E-state index < -0.39 is 0 Å². The molecule has 1 amide bonds. The van der Waals surface area contributed by atoms with Crippen LogP contribution in [0.2, 0.25) is 0 Å². The average Bonchev–Trinajstić information content (AvgIpc) is 3.06. The van der Waals surface area contributed by atoms with Crippen molar-refractivity contribution in [3.63, 3.8) is 0 Å². The van der Waals surface area contributed by atoms with Crippen LogP contribution in [0.1, 0.15) is 35.6 Å². The summed E-state index contributed by atoms with van der Waals surface area (Å²) in [4.78, 5) is 16.3. The molecule has 0 bridgehead atoms. The summed E-state index contributed by atoms with van der Waals surface area (Å²) < 4.78 is 0. The van der Waals surface area contributed by atoms with Crippen molar-refractivity contribution >= 4 is 29.7 Å². The fraction of sp³-hybridized carbons (Fsp3) is 0.667. The lowest BCUT2D eigenvalue weighted by molar-refractivity contribution is -0.132. The number of rotatable bonds is 3. The van der Waals surface area contributed by atoms with Crippen molar-refractivity contribution in [2.75, 3.05) is 26.7 Å². The molecule has 20 heavy (non-hydrogen) atoms. The summed E-state index contributed by atoms with van der Waals surface area (Å²) in [5, 5.41) is 5.37. The van der Waals surface area contributed by atoms with E-state index in [0.717, 1.165) is 38.9 Å². The summed E-state index contributed by atoms with van der Waals surface area (Å²) in [6.07, 6.45) is 4.52. The molecular formula is C15H23ClN2OS. The molecule has 2 atom stereocenters. The zero-order chi connectivity index (χ0) is 13.2. The summed E-state index contributed by atoms with van der Waals surface area (Å²) in [7, 11) is 1.99. The highest BCUT2D eigenvalue weighted by molar-refractivity contribution is 7.10. The SMILES string of the molecule is CNCC1CCN(C(=O)C2CCCc3sccc32)C1.Cl. The number of aryl methyl sites for hydroxylation is 1. The van der Waals surface area contributed by atoms with Gasteiger partial charge in [0.1, 0.15) is 0 Å². The lowest BCUT2D eigenvalue weighted by Gasteiger charge is -2.26. The molecule has 0 radical (unpaired) electrons. The van der Waals surface area contributed by atoms with Gasteiger partial charge in [0.2, 0.25) is 5.91 Å². The zero-order valence-corrected chi connectivity index (χ0v) is 13.6. The number of fused-ring (bicyclic) bond motifs is 1. The number of thiophene rings is 1. The maximum Gasteiger partial charge on any atom is 0.230 e. The molecule has 1 aromatic rings.